The van der Waals surface area contributed by atoms with Crippen molar-refractivity contribution in [1.29, 1.82) is 0 Å². The van der Waals surface area contributed by atoms with Crippen molar-refractivity contribution in [2.45, 2.75) is 0 Å². The van der Waals surface area contributed by atoms with Crippen LogP contribution in [0.4, 0.5) is 5.82 Å². The quantitative estimate of drug-likeness (QED) is 0.504. The van der Waals surface area contributed by atoms with E-state index in [9.17, 15) is 4.79 Å². The minimum absolute atomic E-state index is 0.142. The van der Waals surface area contributed by atoms with Crippen molar-refractivity contribution in [3.05, 3.63) is 71.9 Å². The summed E-state index contributed by atoms with van der Waals surface area (Å²) in [6, 6.07) is 15.4. The van der Waals surface area contributed by atoms with Gasteiger partial charge in [-0.15, -0.1) is 11.3 Å². The molecular formula is C20H17N5OS. The largest absolute Gasteiger partial charge is 0.368 e. The lowest BCUT2D eigenvalue weighted by Gasteiger charge is -2.11. The van der Waals surface area contributed by atoms with Crippen molar-refractivity contribution in [1.82, 2.24) is 20.3 Å². The monoisotopic (exact) mass is 375 g/mol. The Kier molecular flexibility index (Phi) is 5.02. The van der Waals surface area contributed by atoms with Gasteiger partial charge in [-0.2, -0.15) is 0 Å². The summed E-state index contributed by atoms with van der Waals surface area (Å²) in [7, 11) is 0. The minimum Gasteiger partial charge on any atom is -0.368 e. The summed E-state index contributed by atoms with van der Waals surface area (Å²) in [5.41, 5.74) is 1.43. The Labute approximate surface area is 160 Å². The Morgan fingerprint density at radius 3 is 2.74 bits per heavy atom. The van der Waals surface area contributed by atoms with E-state index in [4.69, 9.17) is 0 Å². The molecule has 4 aromatic rings. The third kappa shape index (κ3) is 3.93. The summed E-state index contributed by atoms with van der Waals surface area (Å²) in [5, 5.41) is 9.16. The van der Waals surface area contributed by atoms with Crippen LogP contribution >= 0.6 is 11.3 Å². The summed E-state index contributed by atoms with van der Waals surface area (Å²) in [4.78, 5) is 26.4. The standard InChI is InChI=1S/C20H17N5OS/c26-20(14-5-3-9-21-13-14)23-11-10-22-18-15-6-1-2-7-16(15)24-19(25-18)17-8-4-12-27-17/h1-9,12-13H,10-11H2,(H,23,26)(H,22,24,25). The highest BCUT2D eigenvalue weighted by atomic mass is 32.1. The summed E-state index contributed by atoms with van der Waals surface area (Å²) in [6.45, 7) is 1.03. The number of hydrogen-bond donors (Lipinski definition) is 2. The molecule has 1 aromatic carbocycles. The molecule has 0 fully saturated rings. The zero-order valence-electron chi connectivity index (χ0n) is 14.4. The minimum atomic E-state index is -0.142. The van der Waals surface area contributed by atoms with Gasteiger partial charge in [0.2, 0.25) is 0 Å². The van der Waals surface area contributed by atoms with Gasteiger partial charge in [-0.3, -0.25) is 9.78 Å². The molecule has 0 aliphatic heterocycles. The molecule has 0 bridgehead atoms. The van der Waals surface area contributed by atoms with E-state index in [1.54, 1.807) is 35.9 Å². The first-order valence-corrected chi connectivity index (χ1v) is 9.42. The molecule has 0 aliphatic carbocycles. The van der Waals surface area contributed by atoms with Crippen LogP contribution in [0.25, 0.3) is 21.6 Å². The first kappa shape index (κ1) is 17.1. The fraction of sp³-hybridized carbons (Fsp3) is 0.100. The number of fused-ring (bicyclic) bond motifs is 1. The normalized spacial score (nSPS) is 10.7. The molecule has 0 radical (unpaired) electrons. The number of nitrogens with zero attached hydrogens (tertiary/aromatic N) is 3. The molecule has 1 amide bonds. The van der Waals surface area contributed by atoms with Crippen LogP contribution in [-0.4, -0.2) is 33.9 Å². The average molecular weight is 375 g/mol. The van der Waals surface area contributed by atoms with Crippen LogP contribution in [0, 0.1) is 0 Å². The fourth-order valence-corrected chi connectivity index (χ4v) is 3.34. The molecule has 4 rings (SSSR count). The van der Waals surface area contributed by atoms with Crippen molar-refractivity contribution in [3.63, 3.8) is 0 Å². The van der Waals surface area contributed by atoms with E-state index in [0.29, 0.717) is 24.5 Å². The summed E-state index contributed by atoms with van der Waals surface area (Å²) in [6.07, 6.45) is 3.19. The van der Waals surface area contributed by atoms with Crippen LogP contribution in [0.1, 0.15) is 10.4 Å². The van der Waals surface area contributed by atoms with Gasteiger partial charge < -0.3 is 10.6 Å². The lowest BCUT2D eigenvalue weighted by Crippen LogP contribution is -2.29. The second kappa shape index (κ2) is 7.92. The van der Waals surface area contributed by atoms with E-state index in [0.717, 1.165) is 21.6 Å². The third-order valence-corrected chi connectivity index (χ3v) is 4.84. The number of rotatable bonds is 6. The van der Waals surface area contributed by atoms with Crippen LogP contribution in [0.15, 0.2) is 66.3 Å². The Morgan fingerprint density at radius 1 is 1.00 bits per heavy atom. The number of carbonyl (C=O) groups excluding carboxylic acids is 1. The van der Waals surface area contributed by atoms with Crippen molar-refractivity contribution in [2.75, 3.05) is 18.4 Å². The molecule has 0 unspecified atom stereocenters. The Morgan fingerprint density at radius 2 is 1.93 bits per heavy atom. The number of thiophene rings is 1. The first-order chi connectivity index (χ1) is 13.3. The van der Waals surface area contributed by atoms with Crippen molar-refractivity contribution in [2.24, 2.45) is 0 Å². The average Bonchev–Trinajstić information content (AvgIpc) is 3.26. The number of benzene rings is 1. The molecule has 0 saturated carbocycles. The number of hydrogen-bond acceptors (Lipinski definition) is 6. The lowest BCUT2D eigenvalue weighted by atomic mass is 10.2. The van der Waals surface area contributed by atoms with E-state index in [1.807, 2.05) is 41.8 Å². The molecule has 3 heterocycles. The SMILES string of the molecule is O=C(NCCNc1nc(-c2cccs2)nc2ccccc12)c1cccnc1. The van der Waals surface area contributed by atoms with Crippen molar-refractivity contribution >= 4 is 34.0 Å². The number of anilines is 1. The van der Waals surface area contributed by atoms with Gasteiger partial charge in [-0.1, -0.05) is 18.2 Å². The van der Waals surface area contributed by atoms with E-state index >= 15 is 0 Å². The van der Waals surface area contributed by atoms with E-state index in [1.165, 1.54) is 0 Å². The van der Waals surface area contributed by atoms with Gasteiger partial charge >= 0.3 is 0 Å². The first-order valence-electron chi connectivity index (χ1n) is 8.54. The van der Waals surface area contributed by atoms with Crippen LogP contribution < -0.4 is 10.6 Å². The zero-order valence-corrected chi connectivity index (χ0v) is 15.2. The lowest BCUT2D eigenvalue weighted by molar-refractivity contribution is 0.0955. The highest BCUT2D eigenvalue weighted by Crippen LogP contribution is 2.27. The maximum Gasteiger partial charge on any atom is 0.252 e. The second-order valence-corrected chi connectivity index (χ2v) is 6.76. The zero-order chi connectivity index (χ0) is 18.5. The van der Waals surface area contributed by atoms with E-state index < -0.39 is 0 Å². The summed E-state index contributed by atoms with van der Waals surface area (Å²) < 4.78 is 0. The Balaban J connectivity index is 1.47. The Hall–Kier alpha value is -3.32. The molecule has 3 aromatic heterocycles. The number of pyridine rings is 1. The maximum atomic E-state index is 12.1. The summed E-state index contributed by atoms with van der Waals surface area (Å²) >= 11 is 1.61. The van der Waals surface area contributed by atoms with Crippen LogP contribution in [-0.2, 0) is 0 Å². The van der Waals surface area contributed by atoms with Crippen LogP contribution in [0.3, 0.4) is 0 Å². The summed E-state index contributed by atoms with van der Waals surface area (Å²) in [5.74, 6) is 1.32. The van der Waals surface area contributed by atoms with Gasteiger partial charge in [-0.25, -0.2) is 9.97 Å². The molecule has 134 valence electrons. The number of carbonyl (C=O) groups is 1. The second-order valence-electron chi connectivity index (χ2n) is 5.81. The smallest absolute Gasteiger partial charge is 0.252 e. The van der Waals surface area contributed by atoms with Crippen molar-refractivity contribution < 1.29 is 4.79 Å². The molecular weight excluding hydrogens is 358 g/mol. The van der Waals surface area contributed by atoms with Gasteiger partial charge in [0.25, 0.3) is 5.91 Å². The molecule has 0 atom stereocenters. The van der Waals surface area contributed by atoms with Gasteiger partial charge in [0.05, 0.1) is 16.0 Å². The molecule has 6 nitrogen and oxygen atoms in total. The molecule has 7 heteroatoms. The van der Waals surface area contributed by atoms with Crippen molar-refractivity contribution in [3.8, 4) is 10.7 Å². The Bertz CT molecular complexity index is 1050. The van der Waals surface area contributed by atoms with E-state index in [2.05, 4.69) is 25.6 Å². The van der Waals surface area contributed by atoms with Crippen LogP contribution in [0.2, 0.25) is 0 Å². The predicted octanol–water partition coefficient (Wildman–Crippen LogP) is 3.60. The number of para-hydroxylation sites is 1. The molecule has 0 saturated heterocycles. The maximum absolute atomic E-state index is 12.1. The van der Waals surface area contributed by atoms with Crippen LogP contribution in [0.5, 0.6) is 0 Å². The number of nitrogens with one attached hydrogen (secondary N) is 2. The predicted molar refractivity (Wildman–Crippen MR) is 108 cm³/mol. The molecule has 0 spiro atoms. The highest BCUT2D eigenvalue weighted by molar-refractivity contribution is 7.13. The molecule has 27 heavy (non-hydrogen) atoms. The molecule has 0 aliphatic rings. The van der Waals surface area contributed by atoms with Gasteiger partial charge in [0.1, 0.15) is 5.82 Å². The number of aromatic nitrogens is 3. The number of amides is 1. The van der Waals surface area contributed by atoms with E-state index in [-0.39, 0.29) is 5.91 Å². The topological polar surface area (TPSA) is 79.8 Å². The molecule has 2 N–H and O–H groups in total. The van der Waals surface area contributed by atoms with Gasteiger partial charge in [0.15, 0.2) is 5.82 Å². The highest BCUT2D eigenvalue weighted by Gasteiger charge is 2.10. The van der Waals surface area contributed by atoms with Gasteiger partial charge in [-0.05, 0) is 35.7 Å². The third-order valence-electron chi connectivity index (χ3n) is 3.97. The van der Waals surface area contributed by atoms with Gasteiger partial charge in [0, 0.05) is 30.9 Å². The fourth-order valence-electron chi connectivity index (χ4n) is 2.68.